The van der Waals surface area contributed by atoms with Gasteiger partial charge in [0.05, 0.1) is 12.8 Å². The average Bonchev–Trinajstić information content (AvgIpc) is 2.64. The molecule has 0 saturated heterocycles. The molecule has 0 aliphatic carbocycles. The molecule has 1 aromatic heterocycles. The number of carbonyl (C=O) groups excluding carboxylic acids is 1. The molecule has 1 N–H and O–H groups in total. The van der Waals surface area contributed by atoms with E-state index in [1.165, 1.54) is 0 Å². The smallest absolute Gasteiger partial charge is 0.303 e. The van der Waals surface area contributed by atoms with Crippen molar-refractivity contribution in [2.75, 3.05) is 0 Å². The topological polar surface area (TPSA) is 67.5 Å². The fraction of sp³-hybridized carbons (Fsp3) is 0.286. The number of hydrogen-bond acceptors (Lipinski definition) is 3. The zero-order valence-corrected chi connectivity index (χ0v) is 11.2. The maximum atomic E-state index is 11.7. The molecule has 1 heterocycles. The number of furan rings is 1. The lowest BCUT2D eigenvalue weighted by molar-refractivity contribution is -0.138. The number of carboxylic acid groups (broad SMARTS) is 1. The van der Waals surface area contributed by atoms with E-state index < -0.39 is 5.97 Å². The Labute approximate surface area is 115 Å². The van der Waals surface area contributed by atoms with Gasteiger partial charge in [0.15, 0.2) is 0 Å². The van der Waals surface area contributed by atoms with Crippen molar-refractivity contribution in [3.05, 3.63) is 34.5 Å². The van der Waals surface area contributed by atoms with Crippen LogP contribution in [0.1, 0.15) is 24.2 Å². The molecule has 19 heavy (non-hydrogen) atoms. The van der Waals surface area contributed by atoms with E-state index in [0.717, 1.165) is 10.9 Å². The number of fused-ring (bicyclic) bond motifs is 1. The molecule has 5 heteroatoms. The van der Waals surface area contributed by atoms with Crippen LogP contribution in [0.25, 0.3) is 11.0 Å². The van der Waals surface area contributed by atoms with E-state index in [0.29, 0.717) is 16.4 Å². The number of ketones is 1. The molecular weight excluding hydrogens is 268 g/mol. The van der Waals surface area contributed by atoms with Gasteiger partial charge in [-0.05, 0) is 30.7 Å². The summed E-state index contributed by atoms with van der Waals surface area (Å²) < 4.78 is 5.60. The number of halogens is 1. The number of aliphatic carboxylic acids is 1. The molecule has 0 fully saturated rings. The molecule has 1 aromatic carbocycles. The van der Waals surface area contributed by atoms with Gasteiger partial charge in [0.2, 0.25) is 0 Å². The Kier molecular flexibility index (Phi) is 3.90. The van der Waals surface area contributed by atoms with Gasteiger partial charge in [-0.15, -0.1) is 0 Å². The zero-order valence-electron chi connectivity index (χ0n) is 10.4. The summed E-state index contributed by atoms with van der Waals surface area (Å²) in [4.78, 5) is 22.1. The summed E-state index contributed by atoms with van der Waals surface area (Å²) in [6, 6.07) is 5.28. The number of hydrogen-bond donors (Lipinski definition) is 1. The van der Waals surface area contributed by atoms with E-state index in [1.807, 2.05) is 6.92 Å². The van der Waals surface area contributed by atoms with Crippen molar-refractivity contribution in [3.8, 4) is 0 Å². The van der Waals surface area contributed by atoms with Crippen LogP contribution in [0.15, 0.2) is 22.6 Å². The Morgan fingerprint density at radius 1 is 1.32 bits per heavy atom. The SMILES string of the molecule is Cc1c(CC(=O)CCC(=O)O)oc2ccc(Cl)cc12. The molecule has 2 aromatic rings. The van der Waals surface area contributed by atoms with Crippen molar-refractivity contribution in [3.63, 3.8) is 0 Å². The minimum atomic E-state index is -0.971. The van der Waals surface area contributed by atoms with Crippen LogP contribution in [0.3, 0.4) is 0 Å². The van der Waals surface area contributed by atoms with Crippen LogP contribution >= 0.6 is 11.6 Å². The maximum absolute atomic E-state index is 11.7. The third-order valence-corrected chi connectivity index (χ3v) is 3.21. The highest BCUT2D eigenvalue weighted by Crippen LogP contribution is 2.28. The predicted octanol–water partition coefficient (Wildman–Crippen LogP) is 3.37. The van der Waals surface area contributed by atoms with Crippen LogP contribution in [0.5, 0.6) is 0 Å². The van der Waals surface area contributed by atoms with Gasteiger partial charge >= 0.3 is 5.97 Å². The van der Waals surface area contributed by atoms with E-state index in [1.54, 1.807) is 18.2 Å². The molecule has 0 aliphatic heterocycles. The molecule has 4 nitrogen and oxygen atoms in total. The quantitative estimate of drug-likeness (QED) is 0.912. The second-order valence-corrected chi connectivity index (χ2v) is 4.84. The molecule has 0 bridgehead atoms. The van der Waals surface area contributed by atoms with Crippen molar-refractivity contribution in [1.82, 2.24) is 0 Å². The molecule has 0 saturated carbocycles. The lowest BCUT2D eigenvalue weighted by atomic mass is 10.1. The molecule has 0 aliphatic rings. The van der Waals surface area contributed by atoms with Crippen molar-refractivity contribution in [1.29, 1.82) is 0 Å². The molecule has 0 amide bonds. The number of rotatable bonds is 5. The summed E-state index contributed by atoms with van der Waals surface area (Å²) in [5.41, 5.74) is 1.56. The van der Waals surface area contributed by atoms with Gasteiger partial charge in [-0.3, -0.25) is 9.59 Å². The Morgan fingerprint density at radius 2 is 2.05 bits per heavy atom. The first-order valence-electron chi connectivity index (χ1n) is 5.88. The summed E-state index contributed by atoms with van der Waals surface area (Å²) in [6.45, 7) is 1.86. The lowest BCUT2D eigenvalue weighted by Gasteiger charge is -1.97. The highest BCUT2D eigenvalue weighted by molar-refractivity contribution is 6.31. The molecular formula is C14H13ClO4. The minimum absolute atomic E-state index is 0.0204. The standard InChI is InChI=1S/C14H13ClO4/c1-8-11-6-9(15)2-4-12(11)19-13(8)7-10(16)3-5-14(17)18/h2,4,6H,3,5,7H2,1H3,(H,17,18). The van der Waals surface area contributed by atoms with Gasteiger partial charge < -0.3 is 9.52 Å². The Balaban J connectivity index is 2.19. The third kappa shape index (κ3) is 3.15. The van der Waals surface area contributed by atoms with Crippen LogP contribution < -0.4 is 0 Å². The van der Waals surface area contributed by atoms with Gasteiger partial charge in [0.1, 0.15) is 17.1 Å². The van der Waals surface area contributed by atoms with E-state index in [-0.39, 0.29) is 25.0 Å². The summed E-state index contributed by atoms with van der Waals surface area (Å²) >= 11 is 5.92. The largest absolute Gasteiger partial charge is 0.481 e. The first-order chi connectivity index (χ1) is 8.97. The minimum Gasteiger partial charge on any atom is -0.481 e. The monoisotopic (exact) mass is 280 g/mol. The molecule has 2 rings (SSSR count). The predicted molar refractivity (Wildman–Crippen MR) is 71.5 cm³/mol. The van der Waals surface area contributed by atoms with Crippen LogP contribution in [0.4, 0.5) is 0 Å². The normalized spacial score (nSPS) is 10.8. The number of aryl methyl sites for hydroxylation is 1. The Hall–Kier alpha value is -1.81. The van der Waals surface area contributed by atoms with Crippen molar-refractivity contribution in [2.45, 2.75) is 26.2 Å². The van der Waals surface area contributed by atoms with E-state index in [2.05, 4.69) is 0 Å². The lowest BCUT2D eigenvalue weighted by Crippen LogP contribution is -2.06. The molecule has 100 valence electrons. The maximum Gasteiger partial charge on any atom is 0.303 e. The van der Waals surface area contributed by atoms with Crippen molar-refractivity contribution < 1.29 is 19.1 Å². The first kappa shape index (κ1) is 13.6. The fourth-order valence-corrected chi connectivity index (χ4v) is 2.10. The number of benzene rings is 1. The molecule has 0 radical (unpaired) electrons. The number of carbonyl (C=O) groups is 2. The molecule has 0 spiro atoms. The van der Waals surface area contributed by atoms with E-state index in [9.17, 15) is 9.59 Å². The van der Waals surface area contributed by atoms with E-state index in [4.69, 9.17) is 21.1 Å². The van der Waals surface area contributed by atoms with Crippen LogP contribution in [0.2, 0.25) is 5.02 Å². The molecule has 0 unspecified atom stereocenters. The second-order valence-electron chi connectivity index (χ2n) is 4.40. The van der Waals surface area contributed by atoms with Crippen molar-refractivity contribution >= 4 is 34.3 Å². The van der Waals surface area contributed by atoms with Crippen LogP contribution in [-0.2, 0) is 16.0 Å². The summed E-state index contributed by atoms with van der Waals surface area (Å²) in [7, 11) is 0. The van der Waals surface area contributed by atoms with Gasteiger partial charge in [-0.2, -0.15) is 0 Å². The van der Waals surface area contributed by atoms with Gasteiger partial charge in [-0.1, -0.05) is 11.6 Å². The number of Topliss-reactive ketones (excluding diaryl/α,β-unsaturated/α-hetero) is 1. The van der Waals surface area contributed by atoms with Crippen LogP contribution in [0, 0.1) is 6.92 Å². The highest BCUT2D eigenvalue weighted by Gasteiger charge is 2.15. The first-order valence-corrected chi connectivity index (χ1v) is 6.26. The Bertz CT molecular complexity index is 642. The summed E-state index contributed by atoms with van der Waals surface area (Å²) in [5.74, 6) is -0.537. The van der Waals surface area contributed by atoms with Crippen molar-refractivity contribution in [2.24, 2.45) is 0 Å². The number of carboxylic acids is 1. The summed E-state index contributed by atoms with van der Waals surface area (Å²) in [6.07, 6.45) is -0.0120. The summed E-state index contributed by atoms with van der Waals surface area (Å²) in [5, 5.41) is 10.0. The van der Waals surface area contributed by atoms with Gasteiger partial charge in [-0.25, -0.2) is 0 Å². The third-order valence-electron chi connectivity index (χ3n) is 2.97. The van der Waals surface area contributed by atoms with Gasteiger partial charge in [0.25, 0.3) is 0 Å². The van der Waals surface area contributed by atoms with Crippen LogP contribution in [-0.4, -0.2) is 16.9 Å². The van der Waals surface area contributed by atoms with E-state index >= 15 is 0 Å². The molecule has 0 atom stereocenters. The van der Waals surface area contributed by atoms with Gasteiger partial charge in [0, 0.05) is 16.8 Å². The second kappa shape index (κ2) is 5.45. The highest BCUT2D eigenvalue weighted by atomic mass is 35.5. The average molecular weight is 281 g/mol. The fourth-order valence-electron chi connectivity index (χ4n) is 1.93. The Morgan fingerprint density at radius 3 is 2.74 bits per heavy atom. The zero-order chi connectivity index (χ0) is 14.0.